The van der Waals surface area contributed by atoms with E-state index in [1.165, 1.54) is 5.56 Å². The fourth-order valence-corrected chi connectivity index (χ4v) is 3.34. The number of aryl methyl sites for hydroxylation is 1. The number of benzene rings is 2. The van der Waals surface area contributed by atoms with Crippen LogP contribution in [0.2, 0.25) is 5.02 Å². The lowest BCUT2D eigenvalue weighted by Gasteiger charge is -2.17. The lowest BCUT2D eigenvalue weighted by molar-refractivity contribution is -0.119. The molecular formula is C19H22ClNOS. The lowest BCUT2D eigenvalue weighted by atomic mass is 10.0. The van der Waals surface area contributed by atoms with Gasteiger partial charge in [0, 0.05) is 10.8 Å². The molecule has 0 spiro atoms. The minimum absolute atomic E-state index is 0.0736. The molecule has 1 atom stereocenters. The predicted molar refractivity (Wildman–Crippen MR) is 100.0 cm³/mol. The molecule has 0 fully saturated rings. The first-order chi connectivity index (χ1) is 11.1. The maximum absolute atomic E-state index is 12.2. The van der Waals surface area contributed by atoms with E-state index in [1.54, 1.807) is 11.8 Å². The van der Waals surface area contributed by atoms with Gasteiger partial charge in [-0.2, -0.15) is 0 Å². The molecule has 0 saturated heterocycles. The van der Waals surface area contributed by atoms with Gasteiger partial charge in [-0.25, -0.2) is 0 Å². The Morgan fingerprint density at radius 3 is 2.61 bits per heavy atom. The molecule has 0 aromatic heterocycles. The molecule has 0 unspecified atom stereocenters. The number of halogens is 1. The van der Waals surface area contributed by atoms with Crippen LogP contribution in [0.4, 0.5) is 0 Å². The normalized spacial score (nSPS) is 12.0. The summed E-state index contributed by atoms with van der Waals surface area (Å²) >= 11 is 7.57. The molecule has 0 aliphatic rings. The van der Waals surface area contributed by atoms with Gasteiger partial charge in [0.25, 0.3) is 0 Å². The van der Waals surface area contributed by atoms with Crippen molar-refractivity contribution < 1.29 is 4.79 Å². The summed E-state index contributed by atoms with van der Waals surface area (Å²) in [6, 6.07) is 16.2. The van der Waals surface area contributed by atoms with Crippen molar-refractivity contribution in [2.75, 3.05) is 5.75 Å². The van der Waals surface area contributed by atoms with Gasteiger partial charge in [-0.15, -0.1) is 11.8 Å². The summed E-state index contributed by atoms with van der Waals surface area (Å²) in [7, 11) is 0. The summed E-state index contributed by atoms with van der Waals surface area (Å²) < 4.78 is 0. The molecule has 0 aliphatic heterocycles. The van der Waals surface area contributed by atoms with E-state index < -0.39 is 0 Å². The van der Waals surface area contributed by atoms with Crippen LogP contribution in [-0.2, 0) is 10.5 Å². The van der Waals surface area contributed by atoms with Crippen LogP contribution >= 0.6 is 23.4 Å². The first kappa shape index (κ1) is 17.9. The average Bonchev–Trinajstić information content (AvgIpc) is 2.54. The van der Waals surface area contributed by atoms with Crippen molar-refractivity contribution >= 4 is 29.3 Å². The number of hydrogen-bond acceptors (Lipinski definition) is 2. The molecule has 1 amide bonds. The Morgan fingerprint density at radius 2 is 1.96 bits per heavy atom. The van der Waals surface area contributed by atoms with Crippen LogP contribution in [0, 0.1) is 6.92 Å². The molecule has 2 aromatic carbocycles. The van der Waals surface area contributed by atoms with Crippen LogP contribution in [-0.4, -0.2) is 11.7 Å². The molecule has 2 aromatic rings. The molecule has 0 radical (unpaired) electrons. The van der Waals surface area contributed by atoms with Gasteiger partial charge in [0.05, 0.1) is 11.8 Å². The summed E-state index contributed by atoms with van der Waals surface area (Å²) in [6.45, 7) is 4.15. The monoisotopic (exact) mass is 347 g/mol. The number of carbonyl (C=O) groups is 1. The van der Waals surface area contributed by atoms with Crippen molar-refractivity contribution in [3.05, 3.63) is 70.2 Å². The molecule has 2 nitrogen and oxygen atoms in total. The molecular weight excluding hydrogens is 326 g/mol. The van der Waals surface area contributed by atoms with Crippen molar-refractivity contribution in [3.8, 4) is 0 Å². The summed E-state index contributed by atoms with van der Waals surface area (Å²) in [6.07, 6.45) is 0.883. The first-order valence-electron chi connectivity index (χ1n) is 7.76. The van der Waals surface area contributed by atoms with Gasteiger partial charge in [-0.3, -0.25) is 4.79 Å². The van der Waals surface area contributed by atoms with E-state index in [-0.39, 0.29) is 11.9 Å². The highest BCUT2D eigenvalue weighted by Gasteiger charge is 2.12. The van der Waals surface area contributed by atoms with Gasteiger partial charge in [-0.05, 0) is 36.6 Å². The van der Waals surface area contributed by atoms with Crippen LogP contribution in [0.1, 0.15) is 36.1 Å². The quantitative estimate of drug-likeness (QED) is 0.750. The maximum Gasteiger partial charge on any atom is 0.230 e. The molecule has 122 valence electrons. The van der Waals surface area contributed by atoms with Crippen molar-refractivity contribution in [2.24, 2.45) is 0 Å². The molecule has 0 saturated carbocycles. The molecule has 4 heteroatoms. The number of hydrogen-bond donors (Lipinski definition) is 1. The van der Waals surface area contributed by atoms with Gasteiger partial charge in [0.2, 0.25) is 5.91 Å². The van der Waals surface area contributed by atoms with Crippen LogP contribution in [0.25, 0.3) is 0 Å². The van der Waals surface area contributed by atoms with E-state index >= 15 is 0 Å². The van der Waals surface area contributed by atoms with Crippen LogP contribution in [0.15, 0.2) is 48.5 Å². The highest BCUT2D eigenvalue weighted by molar-refractivity contribution is 7.99. The van der Waals surface area contributed by atoms with Crippen LogP contribution in [0.5, 0.6) is 0 Å². The summed E-state index contributed by atoms with van der Waals surface area (Å²) in [5, 5.41) is 3.85. The summed E-state index contributed by atoms with van der Waals surface area (Å²) in [5.74, 6) is 1.31. The van der Waals surface area contributed by atoms with Gasteiger partial charge >= 0.3 is 0 Å². The van der Waals surface area contributed by atoms with E-state index in [9.17, 15) is 4.79 Å². The Morgan fingerprint density at radius 1 is 1.22 bits per heavy atom. The third kappa shape index (κ3) is 5.92. The second-order valence-electron chi connectivity index (χ2n) is 5.56. The van der Waals surface area contributed by atoms with Gasteiger partial charge in [-0.1, -0.05) is 60.5 Å². The predicted octanol–water partition coefficient (Wildman–Crippen LogP) is 5.15. The van der Waals surface area contributed by atoms with Gasteiger partial charge < -0.3 is 5.32 Å². The molecule has 2 rings (SSSR count). The Labute approximate surface area is 147 Å². The van der Waals surface area contributed by atoms with E-state index in [1.807, 2.05) is 24.3 Å². The molecule has 23 heavy (non-hydrogen) atoms. The molecule has 0 heterocycles. The number of nitrogens with one attached hydrogen (secondary N) is 1. The lowest BCUT2D eigenvalue weighted by Crippen LogP contribution is -2.29. The second-order valence-corrected chi connectivity index (χ2v) is 6.98. The van der Waals surface area contributed by atoms with E-state index in [2.05, 4.69) is 43.4 Å². The molecule has 0 aliphatic carbocycles. The standard InChI is InChI=1S/C19H22ClNOS/c1-3-18(16-9-7-14(2)8-10-16)21-19(22)13-23-12-15-5-4-6-17(20)11-15/h4-11,18H,3,12-13H2,1-2H3,(H,21,22)/t18-/m0/s1. The highest BCUT2D eigenvalue weighted by Crippen LogP contribution is 2.19. The Balaban J connectivity index is 1.82. The number of rotatable bonds is 7. The Kier molecular flexibility index (Phi) is 7.00. The highest BCUT2D eigenvalue weighted by atomic mass is 35.5. The topological polar surface area (TPSA) is 29.1 Å². The average molecular weight is 348 g/mol. The molecule has 1 N–H and O–H groups in total. The first-order valence-corrected chi connectivity index (χ1v) is 9.30. The van der Waals surface area contributed by atoms with Gasteiger partial charge in [0.15, 0.2) is 0 Å². The summed E-state index contributed by atoms with van der Waals surface area (Å²) in [5.41, 5.74) is 3.53. The zero-order valence-electron chi connectivity index (χ0n) is 13.5. The van der Waals surface area contributed by atoms with E-state index in [0.29, 0.717) is 5.75 Å². The van der Waals surface area contributed by atoms with Gasteiger partial charge in [0.1, 0.15) is 0 Å². The van der Waals surface area contributed by atoms with Crippen molar-refractivity contribution in [3.63, 3.8) is 0 Å². The maximum atomic E-state index is 12.2. The van der Waals surface area contributed by atoms with E-state index in [4.69, 9.17) is 11.6 Å². The Bertz CT molecular complexity index is 642. The SMILES string of the molecule is CC[C@H](NC(=O)CSCc1cccc(Cl)c1)c1ccc(C)cc1. The minimum Gasteiger partial charge on any atom is -0.349 e. The number of amides is 1. The third-order valence-electron chi connectivity index (χ3n) is 3.61. The number of thioether (sulfide) groups is 1. The Hall–Kier alpha value is -1.45. The fourth-order valence-electron chi connectivity index (χ4n) is 2.34. The van der Waals surface area contributed by atoms with Crippen LogP contribution < -0.4 is 5.32 Å². The van der Waals surface area contributed by atoms with Crippen molar-refractivity contribution in [2.45, 2.75) is 32.1 Å². The fraction of sp³-hybridized carbons (Fsp3) is 0.316. The summed E-state index contributed by atoms with van der Waals surface area (Å²) in [4.78, 5) is 12.2. The number of carbonyl (C=O) groups excluding carboxylic acids is 1. The third-order valence-corrected chi connectivity index (χ3v) is 4.85. The molecule has 0 bridgehead atoms. The largest absolute Gasteiger partial charge is 0.349 e. The van der Waals surface area contributed by atoms with Crippen molar-refractivity contribution in [1.82, 2.24) is 5.32 Å². The zero-order valence-corrected chi connectivity index (χ0v) is 15.1. The minimum atomic E-state index is 0.0736. The second kappa shape index (κ2) is 8.99. The van der Waals surface area contributed by atoms with Crippen molar-refractivity contribution in [1.29, 1.82) is 0 Å². The smallest absolute Gasteiger partial charge is 0.230 e. The van der Waals surface area contributed by atoms with E-state index in [0.717, 1.165) is 28.3 Å². The zero-order chi connectivity index (χ0) is 16.7. The van der Waals surface area contributed by atoms with Crippen LogP contribution in [0.3, 0.4) is 0 Å².